The van der Waals surface area contributed by atoms with Gasteiger partial charge in [-0.15, -0.1) is 5.10 Å². The van der Waals surface area contributed by atoms with Crippen molar-refractivity contribution in [2.75, 3.05) is 6.54 Å². The predicted molar refractivity (Wildman–Crippen MR) is 89.6 cm³/mol. The molecule has 2 rings (SSSR count). The number of aryl methyl sites for hydroxylation is 2. The summed E-state index contributed by atoms with van der Waals surface area (Å²) in [6.07, 6.45) is 2.90. The van der Waals surface area contributed by atoms with Gasteiger partial charge in [0.1, 0.15) is 0 Å². The van der Waals surface area contributed by atoms with Crippen molar-refractivity contribution in [2.24, 2.45) is 0 Å². The smallest absolute Gasteiger partial charge is 0.0928 e. The van der Waals surface area contributed by atoms with Gasteiger partial charge in [0.05, 0.1) is 27.6 Å². The van der Waals surface area contributed by atoms with Crippen LogP contribution in [0.15, 0.2) is 9.85 Å². The van der Waals surface area contributed by atoms with Crippen molar-refractivity contribution in [3.63, 3.8) is 0 Å². The summed E-state index contributed by atoms with van der Waals surface area (Å²) in [5, 5.41) is 14.5. The number of rotatable bonds is 8. The Morgan fingerprint density at radius 3 is 2.76 bits per heavy atom. The number of hydrogen-bond donors (Lipinski definition) is 1. The Balaban J connectivity index is 2.25. The lowest BCUT2D eigenvalue weighted by atomic mass is 10.1. The molecule has 1 atom stereocenters. The van der Waals surface area contributed by atoms with E-state index in [2.05, 4.69) is 61.4 Å². The first kappa shape index (κ1) is 16.6. The van der Waals surface area contributed by atoms with Crippen molar-refractivity contribution >= 4 is 27.5 Å². The molecule has 1 unspecified atom stereocenters. The van der Waals surface area contributed by atoms with Crippen LogP contribution in [0.25, 0.3) is 0 Å². The highest BCUT2D eigenvalue weighted by molar-refractivity contribution is 9.10. The predicted octanol–water partition coefficient (Wildman–Crippen LogP) is 3.36. The van der Waals surface area contributed by atoms with Crippen molar-refractivity contribution in [3.05, 3.63) is 26.9 Å². The summed E-state index contributed by atoms with van der Waals surface area (Å²) in [5.41, 5.74) is 3.37. The van der Waals surface area contributed by atoms with Gasteiger partial charge in [0.25, 0.3) is 0 Å². The highest BCUT2D eigenvalue weighted by Crippen LogP contribution is 2.27. The number of halogens is 1. The maximum atomic E-state index is 4.67. The van der Waals surface area contributed by atoms with Crippen LogP contribution in [0.4, 0.5) is 0 Å². The summed E-state index contributed by atoms with van der Waals surface area (Å²) in [7, 11) is 0. The molecular weight excluding hydrogens is 350 g/mol. The number of aromatic nitrogens is 4. The molecule has 0 fully saturated rings. The standard InChI is InChI=1S/C14H22BrN5S/c1-4-7-16-11(12-9-21-19-17-12)8-13-14(15)10(5-2)18-20(13)6-3/h9,11,16H,4-8H2,1-3H3. The molecule has 0 aromatic carbocycles. The Morgan fingerprint density at radius 2 is 2.19 bits per heavy atom. The van der Waals surface area contributed by atoms with Crippen LogP contribution in [0.2, 0.25) is 0 Å². The third-order valence-electron chi connectivity index (χ3n) is 3.47. The van der Waals surface area contributed by atoms with E-state index in [-0.39, 0.29) is 6.04 Å². The lowest BCUT2D eigenvalue weighted by Crippen LogP contribution is -2.25. The normalized spacial score (nSPS) is 12.8. The van der Waals surface area contributed by atoms with Gasteiger partial charge in [0.15, 0.2) is 0 Å². The zero-order valence-electron chi connectivity index (χ0n) is 12.8. The average molecular weight is 372 g/mol. The van der Waals surface area contributed by atoms with Gasteiger partial charge in [0, 0.05) is 18.3 Å². The molecule has 0 bridgehead atoms. The molecule has 21 heavy (non-hydrogen) atoms. The van der Waals surface area contributed by atoms with E-state index in [0.29, 0.717) is 0 Å². The van der Waals surface area contributed by atoms with Crippen LogP contribution in [-0.2, 0) is 19.4 Å². The lowest BCUT2D eigenvalue weighted by Gasteiger charge is -2.17. The summed E-state index contributed by atoms with van der Waals surface area (Å²) >= 11 is 5.12. The van der Waals surface area contributed by atoms with Gasteiger partial charge in [-0.25, -0.2) is 0 Å². The average Bonchev–Trinajstić information content (AvgIpc) is 3.12. The van der Waals surface area contributed by atoms with Gasteiger partial charge in [-0.1, -0.05) is 18.3 Å². The Morgan fingerprint density at radius 1 is 1.38 bits per heavy atom. The minimum Gasteiger partial charge on any atom is -0.308 e. The summed E-state index contributed by atoms with van der Waals surface area (Å²) < 4.78 is 7.22. The van der Waals surface area contributed by atoms with Gasteiger partial charge in [-0.2, -0.15) is 5.10 Å². The topological polar surface area (TPSA) is 55.6 Å². The van der Waals surface area contributed by atoms with E-state index < -0.39 is 0 Å². The van der Waals surface area contributed by atoms with Crippen LogP contribution in [-0.4, -0.2) is 25.9 Å². The Kier molecular flexibility index (Phi) is 6.32. The third kappa shape index (κ3) is 3.90. The monoisotopic (exact) mass is 371 g/mol. The Hall–Kier alpha value is -0.790. The molecule has 0 amide bonds. The highest BCUT2D eigenvalue weighted by atomic mass is 79.9. The molecule has 0 radical (unpaired) electrons. The van der Waals surface area contributed by atoms with Crippen LogP contribution >= 0.6 is 27.5 Å². The first-order valence-corrected chi connectivity index (χ1v) is 9.08. The maximum absolute atomic E-state index is 4.67. The Labute approximate surface area is 138 Å². The van der Waals surface area contributed by atoms with Crippen LogP contribution in [0.3, 0.4) is 0 Å². The number of nitrogens with zero attached hydrogens (tertiary/aromatic N) is 4. The molecule has 1 N–H and O–H groups in total. The molecular formula is C14H22BrN5S. The molecule has 0 spiro atoms. The first-order valence-electron chi connectivity index (χ1n) is 7.45. The van der Waals surface area contributed by atoms with Crippen molar-refractivity contribution in [1.82, 2.24) is 24.7 Å². The fraction of sp³-hybridized carbons (Fsp3) is 0.643. The zero-order chi connectivity index (χ0) is 15.2. The SMILES string of the molecule is CCCNC(Cc1c(Br)c(CC)nn1CC)c1csnn1. The zero-order valence-corrected chi connectivity index (χ0v) is 15.2. The fourth-order valence-electron chi connectivity index (χ4n) is 2.33. The van der Waals surface area contributed by atoms with Crippen molar-refractivity contribution in [3.8, 4) is 0 Å². The van der Waals surface area contributed by atoms with E-state index in [4.69, 9.17) is 0 Å². The molecule has 116 valence electrons. The Bertz CT molecular complexity index is 552. The lowest BCUT2D eigenvalue weighted by molar-refractivity contribution is 0.492. The van der Waals surface area contributed by atoms with Gasteiger partial charge < -0.3 is 5.32 Å². The second-order valence-corrected chi connectivity index (χ2v) is 6.32. The van der Waals surface area contributed by atoms with Crippen molar-refractivity contribution < 1.29 is 0 Å². The quantitative estimate of drug-likeness (QED) is 0.772. The number of hydrogen-bond acceptors (Lipinski definition) is 5. The molecule has 0 saturated carbocycles. The summed E-state index contributed by atoms with van der Waals surface area (Å²) in [6.45, 7) is 8.28. The molecule has 0 aliphatic rings. The summed E-state index contributed by atoms with van der Waals surface area (Å²) in [6, 6.07) is 0.187. The van der Waals surface area contributed by atoms with E-state index in [1.54, 1.807) is 0 Å². The third-order valence-corrected chi connectivity index (χ3v) is 4.90. The van der Waals surface area contributed by atoms with Crippen LogP contribution < -0.4 is 5.32 Å². The van der Waals surface area contributed by atoms with Crippen molar-refractivity contribution in [2.45, 2.75) is 52.6 Å². The van der Waals surface area contributed by atoms with E-state index in [1.807, 2.05) is 5.38 Å². The molecule has 0 saturated heterocycles. The van der Waals surface area contributed by atoms with E-state index >= 15 is 0 Å². The largest absolute Gasteiger partial charge is 0.308 e. The fourth-order valence-corrected chi connectivity index (χ4v) is 3.56. The minimum atomic E-state index is 0.187. The first-order chi connectivity index (χ1) is 10.2. The molecule has 7 heteroatoms. The molecule has 2 heterocycles. The molecule has 5 nitrogen and oxygen atoms in total. The molecule has 0 aliphatic heterocycles. The molecule has 0 aliphatic carbocycles. The van der Waals surface area contributed by atoms with E-state index in [0.717, 1.165) is 48.2 Å². The van der Waals surface area contributed by atoms with Crippen molar-refractivity contribution in [1.29, 1.82) is 0 Å². The molecule has 2 aromatic heterocycles. The van der Waals surface area contributed by atoms with E-state index in [9.17, 15) is 0 Å². The van der Waals surface area contributed by atoms with Crippen LogP contribution in [0.5, 0.6) is 0 Å². The summed E-state index contributed by atoms with van der Waals surface area (Å²) in [5.74, 6) is 0. The van der Waals surface area contributed by atoms with Crippen LogP contribution in [0.1, 0.15) is 50.3 Å². The van der Waals surface area contributed by atoms with Gasteiger partial charge in [-0.05, 0) is 53.8 Å². The van der Waals surface area contributed by atoms with Gasteiger partial charge in [0.2, 0.25) is 0 Å². The van der Waals surface area contributed by atoms with Gasteiger partial charge in [-0.3, -0.25) is 4.68 Å². The second-order valence-electron chi connectivity index (χ2n) is 4.92. The van der Waals surface area contributed by atoms with Crippen LogP contribution in [0, 0.1) is 0 Å². The number of nitrogens with one attached hydrogen (secondary N) is 1. The second kappa shape index (κ2) is 8.00. The maximum Gasteiger partial charge on any atom is 0.0928 e. The summed E-state index contributed by atoms with van der Waals surface area (Å²) in [4.78, 5) is 0. The molecule has 2 aromatic rings. The van der Waals surface area contributed by atoms with Gasteiger partial charge >= 0.3 is 0 Å². The minimum absolute atomic E-state index is 0.187. The van der Waals surface area contributed by atoms with E-state index in [1.165, 1.54) is 17.2 Å². The highest BCUT2D eigenvalue weighted by Gasteiger charge is 2.21.